The molecule has 0 aliphatic carbocycles. The number of carbonyl (C=O) groups excluding carboxylic acids is 3. The Bertz CT molecular complexity index is 790. The fraction of sp³-hybridized carbons (Fsp3) is 0.400. The minimum absolute atomic E-state index is 0.0508. The summed E-state index contributed by atoms with van der Waals surface area (Å²) < 4.78 is 0. The minimum Gasteiger partial charge on any atom is -0.358 e. The maximum absolute atomic E-state index is 12.8. The average Bonchev–Trinajstić information content (AvgIpc) is 2.90. The number of carbonyl (C=O) groups is 3. The smallest absolute Gasteiger partial charge is 0.322 e. The highest BCUT2D eigenvalue weighted by Gasteiger charge is 2.49. The van der Waals surface area contributed by atoms with E-state index in [0.29, 0.717) is 21.7 Å². The molecule has 6 nitrogen and oxygen atoms in total. The van der Waals surface area contributed by atoms with Gasteiger partial charge in [0, 0.05) is 11.4 Å². The summed E-state index contributed by atoms with van der Waals surface area (Å²) >= 11 is 6.14. The van der Waals surface area contributed by atoms with Crippen molar-refractivity contribution in [2.75, 3.05) is 0 Å². The number of imide groups is 1. The Morgan fingerprint density at radius 1 is 1.19 bits per heavy atom. The molecule has 2 heterocycles. The van der Waals surface area contributed by atoms with Crippen molar-refractivity contribution in [3.05, 3.63) is 33.8 Å². The predicted molar refractivity (Wildman–Crippen MR) is 99.1 cm³/mol. The van der Waals surface area contributed by atoms with Crippen LogP contribution < -0.4 is 10.6 Å². The summed E-state index contributed by atoms with van der Waals surface area (Å²) in [6.45, 7) is 1.76. The molecule has 1 atom stereocenters. The van der Waals surface area contributed by atoms with Gasteiger partial charge in [0.05, 0.1) is 31.4 Å². The van der Waals surface area contributed by atoms with E-state index in [2.05, 4.69) is 10.6 Å². The third-order valence-corrected chi connectivity index (χ3v) is 5.06. The largest absolute Gasteiger partial charge is 0.358 e. The molecule has 3 rings (SSSR count). The minimum atomic E-state index is -1.77. The molecule has 0 bridgehead atoms. The maximum atomic E-state index is 12.8. The summed E-state index contributed by atoms with van der Waals surface area (Å²) in [5.41, 5.74) is 1.45. The lowest BCUT2D eigenvalue weighted by atomic mass is 9.56. The molecule has 26 heavy (non-hydrogen) atoms. The zero-order chi connectivity index (χ0) is 19.4. The van der Waals surface area contributed by atoms with Crippen LogP contribution in [-0.4, -0.2) is 60.2 Å². The molecule has 11 heteroatoms. The van der Waals surface area contributed by atoms with E-state index in [0.717, 1.165) is 4.90 Å². The first-order valence-electron chi connectivity index (χ1n) is 7.87. The number of aryl methyl sites for hydroxylation is 1. The second-order valence-electron chi connectivity index (χ2n) is 6.58. The fourth-order valence-corrected chi connectivity index (χ4v) is 3.51. The third-order valence-electron chi connectivity index (χ3n) is 4.66. The number of nitrogens with one attached hydrogen (secondary N) is 2. The Morgan fingerprint density at radius 2 is 1.77 bits per heavy atom. The van der Waals surface area contributed by atoms with E-state index >= 15 is 0 Å². The van der Waals surface area contributed by atoms with E-state index < -0.39 is 34.6 Å². The van der Waals surface area contributed by atoms with E-state index in [9.17, 15) is 14.4 Å². The quantitative estimate of drug-likeness (QED) is 0.556. The second-order valence-corrected chi connectivity index (χ2v) is 6.99. The van der Waals surface area contributed by atoms with E-state index in [1.165, 1.54) is 0 Å². The summed E-state index contributed by atoms with van der Waals surface area (Å²) in [6, 6.07) is 1.76. The van der Waals surface area contributed by atoms with Gasteiger partial charge in [0.25, 0.3) is 5.91 Å². The first kappa shape index (κ1) is 19.0. The van der Waals surface area contributed by atoms with E-state index in [1.807, 2.05) is 0 Å². The summed E-state index contributed by atoms with van der Waals surface area (Å²) in [5.74, 6) is -1.06. The van der Waals surface area contributed by atoms with Gasteiger partial charge in [0.15, 0.2) is 0 Å². The summed E-state index contributed by atoms with van der Waals surface area (Å²) in [6.07, 6.45) is -0.0967. The van der Waals surface area contributed by atoms with E-state index in [1.54, 1.807) is 19.1 Å². The number of halogens is 1. The molecule has 2 aliphatic heterocycles. The van der Waals surface area contributed by atoms with Crippen molar-refractivity contribution >= 4 is 60.8 Å². The Hall–Kier alpha value is -1.82. The molecule has 2 aliphatic rings. The molecular formula is C15H12B4ClN3O3. The number of rotatable bonds is 3. The zero-order valence-electron chi connectivity index (χ0n) is 14.0. The van der Waals surface area contributed by atoms with Crippen LogP contribution in [0.15, 0.2) is 12.1 Å². The van der Waals surface area contributed by atoms with Crippen LogP contribution in [0.2, 0.25) is 5.02 Å². The van der Waals surface area contributed by atoms with Crippen molar-refractivity contribution in [1.29, 1.82) is 0 Å². The van der Waals surface area contributed by atoms with Crippen molar-refractivity contribution in [3.63, 3.8) is 0 Å². The van der Waals surface area contributed by atoms with Crippen LogP contribution in [0, 0.1) is 6.92 Å². The Morgan fingerprint density at radius 3 is 2.31 bits per heavy atom. The molecule has 0 saturated carbocycles. The molecule has 4 amide bonds. The number of hydrogen-bond donors (Lipinski definition) is 2. The second kappa shape index (κ2) is 6.12. The first-order chi connectivity index (χ1) is 12.0. The molecule has 8 radical (unpaired) electrons. The molecule has 1 aromatic rings. The highest BCUT2D eigenvalue weighted by Crippen LogP contribution is 2.45. The first-order valence-corrected chi connectivity index (χ1v) is 8.25. The highest BCUT2D eigenvalue weighted by atomic mass is 35.5. The standard InChI is InChI=1S/C15H12B4ClN3O3/c1-6-4-7-8(5-9(6)20)15(18,19)23(14(7,16)17)11(24)3-2-10-12(25)22-13(26)21-10/h4-5,10H,2-3H2,1H3,(H2,21,22,25,26). The van der Waals surface area contributed by atoms with Crippen molar-refractivity contribution in [3.8, 4) is 0 Å². The number of nitrogens with zero attached hydrogens (tertiary/aromatic N) is 1. The molecule has 0 spiro atoms. The molecular weight excluding hydrogens is 349 g/mol. The molecule has 0 aromatic heterocycles. The van der Waals surface area contributed by atoms with Crippen LogP contribution >= 0.6 is 11.6 Å². The van der Waals surface area contributed by atoms with Crippen molar-refractivity contribution in [2.45, 2.75) is 36.5 Å². The summed E-state index contributed by atoms with van der Waals surface area (Å²) in [4.78, 5) is 36.5. The van der Waals surface area contributed by atoms with Crippen molar-refractivity contribution in [2.24, 2.45) is 0 Å². The average molecular weight is 361 g/mol. The Balaban J connectivity index is 1.86. The van der Waals surface area contributed by atoms with Crippen LogP contribution in [-0.2, 0) is 20.3 Å². The monoisotopic (exact) mass is 361 g/mol. The van der Waals surface area contributed by atoms with Gasteiger partial charge in [-0.15, -0.1) is 0 Å². The SMILES string of the molecule is [B]C1([B])c2cc(C)c(Cl)cc2C([B])([B])N1C(=O)CCC1NC(=O)NC1=O. The number of benzene rings is 1. The summed E-state index contributed by atoms with van der Waals surface area (Å²) in [7, 11) is 24.7. The van der Waals surface area contributed by atoms with Crippen LogP contribution in [0.3, 0.4) is 0 Å². The molecule has 1 unspecified atom stereocenters. The third kappa shape index (κ3) is 2.84. The van der Waals surface area contributed by atoms with Crippen LogP contribution in [0.4, 0.5) is 4.79 Å². The van der Waals surface area contributed by atoms with Gasteiger partial charge >= 0.3 is 6.03 Å². The van der Waals surface area contributed by atoms with Crippen LogP contribution in [0.1, 0.15) is 29.5 Å². The topological polar surface area (TPSA) is 78.5 Å². The lowest BCUT2D eigenvalue weighted by Gasteiger charge is -2.43. The number of amides is 4. The molecule has 1 fully saturated rings. The van der Waals surface area contributed by atoms with E-state index in [-0.39, 0.29) is 12.8 Å². The maximum Gasteiger partial charge on any atom is 0.322 e. The van der Waals surface area contributed by atoms with Crippen LogP contribution in [0.5, 0.6) is 0 Å². The van der Waals surface area contributed by atoms with Gasteiger partial charge in [-0.2, -0.15) is 0 Å². The number of urea groups is 1. The molecule has 1 aromatic carbocycles. The fourth-order valence-electron chi connectivity index (χ4n) is 3.35. The van der Waals surface area contributed by atoms with Crippen molar-refractivity contribution < 1.29 is 14.4 Å². The van der Waals surface area contributed by atoms with Gasteiger partial charge < -0.3 is 10.2 Å². The van der Waals surface area contributed by atoms with Gasteiger partial charge in [-0.25, -0.2) is 4.79 Å². The lowest BCUT2D eigenvalue weighted by molar-refractivity contribution is -0.134. The van der Waals surface area contributed by atoms with Crippen LogP contribution in [0.25, 0.3) is 0 Å². The normalized spacial score (nSPS) is 22.7. The van der Waals surface area contributed by atoms with E-state index in [4.69, 9.17) is 43.0 Å². The summed E-state index contributed by atoms with van der Waals surface area (Å²) in [5, 5.41) is 1.41. The lowest BCUT2D eigenvalue weighted by Crippen LogP contribution is -2.56. The Labute approximate surface area is 161 Å². The number of hydrogen-bond acceptors (Lipinski definition) is 3. The van der Waals surface area contributed by atoms with Gasteiger partial charge in [0.2, 0.25) is 5.91 Å². The number of fused-ring (bicyclic) bond motifs is 1. The van der Waals surface area contributed by atoms with Gasteiger partial charge in [-0.3, -0.25) is 14.9 Å². The van der Waals surface area contributed by atoms with Gasteiger partial charge in [-0.05, 0) is 46.8 Å². The predicted octanol–water partition coefficient (Wildman–Crippen LogP) is -0.627. The van der Waals surface area contributed by atoms with Gasteiger partial charge in [-0.1, -0.05) is 17.7 Å². The highest BCUT2D eigenvalue weighted by molar-refractivity contribution is 6.47. The Kier molecular flexibility index (Phi) is 4.46. The zero-order valence-corrected chi connectivity index (χ0v) is 14.8. The van der Waals surface area contributed by atoms with Crippen molar-refractivity contribution in [1.82, 2.24) is 15.5 Å². The molecule has 124 valence electrons. The van der Waals surface area contributed by atoms with Gasteiger partial charge in [0.1, 0.15) is 6.04 Å². The molecule has 2 N–H and O–H groups in total. The molecule has 1 saturated heterocycles.